The summed E-state index contributed by atoms with van der Waals surface area (Å²) in [5.74, 6) is 1.71. The van der Waals surface area contributed by atoms with Gasteiger partial charge in [0.25, 0.3) is 0 Å². The van der Waals surface area contributed by atoms with E-state index in [0.717, 1.165) is 18.3 Å². The summed E-state index contributed by atoms with van der Waals surface area (Å²) >= 11 is 0. The molecule has 2 rings (SSSR count). The molecule has 100 valence electrons. The summed E-state index contributed by atoms with van der Waals surface area (Å²) in [4.78, 5) is 2.60. The van der Waals surface area contributed by atoms with Crippen LogP contribution in [-0.4, -0.2) is 34.7 Å². The van der Waals surface area contributed by atoms with Crippen LogP contribution in [0.3, 0.4) is 0 Å². The van der Waals surface area contributed by atoms with Gasteiger partial charge in [-0.1, -0.05) is 20.3 Å². The number of hydrogen-bond donors (Lipinski definition) is 1. The van der Waals surface area contributed by atoms with Crippen molar-refractivity contribution in [3.05, 3.63) is 0 Å². The third-order valence-corrected chi connectivity index (χ3v) is 5.08. The molecular formula is C15H29NO. The minimum absolute atomic E-state index is 0.0753. The van der Waals surface area contributed by atoms with Crippen molar-refractivity contribution in [2.75, 3.05) is 6.54 Å². The van der Waals surface area contributed by atoms with Crippen molar-refractivity contribution in [2.45, 2.75) is 77.5 Å². The summed E-state index contributed by atoms with van der Waals surface area (Å²) in [5.41, 5.74) is 0. The number of rotatable bonds is 2. The first-order valence-corrected chi connectivity index (χ1v) is 7.55. The molecule has 0 aromatic heterocycles. The Bertz CT molecular complexity index is 243. The Kier molecular flexibility index (Phi) is 4.48. The molecule has 1 heterocycles. The molecule has 0 aromatic rings. The topological polar surface area (TPSA) is 23.5 Å². The van der Waals surface area contributed by atoms with Crippen LogP contribution in [0.25, 0.3) is 0 Å². The molecule has 0 spiro atoms. The van der Waals surface area contributed by atoms with Gasteiger partial charge in [-0.3, -0.25) is 4.90 Å². The van der Waals surface area contributed by atoms with E-state index in [1.807, 2.05) is 0 Å². The Balaban J connectivity index is 1.99. The van der Waals surface area contributed by atoms with Crippen LogP contribution in [-0.2, 0) is 0 Å². The third-order valence-electron chi connectivity index (χ3n) is 5.08. The van der Waals surface area contributed by atoms with E-state index in [0.29, 0.717) is 12.1 Å². The quantitative estimate of drug-likeness (QED) is 0.800. The molecule has 5 atom stereocenters. The second-order valence-corrected chi connectivity index (χ2v) is 6.44. The van der Waals surface area contributed by atoms with E-state index in [9.17, 15) is 5.11 Å². The first kappa shape index (κ1) is 13.4. The number of likely N-dealkylation sites (tertiary alicyclic amines) is 1. The van der Waals surface area contributed by atoms with Gasteiger partial charge in [0.2, 0.25) is 0 Å². The molecule has 5 unspecified atom stereocenters. The smallest absolute Gasteiger partial charge is 0.0695 e. The van der Waals surface area contributed by atoms with Crippen LogP contribution >= 0.6 is 0 Å². The number of nitrogens with zero attached hydrogens (tertiary/aromatic N) is 1. The summed E-state index contributed by atoms with van der Waals surface area (Å²) in [6.45, 7) is 8.19. The maximum atomic E-state index is 10.3. The van der Waals surface area contributed by atoms with Crippen molar-refractivity contribution in [3.8, 4) is 0 Å². The lowest BCUT2D eigenvalue weighted by Crippen LogP contribution is -2.53. The predicted octanol–water partition coefficient (Wildman–Crippen LogP) is 3.05. The first-order valence-electron chi connectivity index (χ1n) is 7.55. The van der Waals surface area contributed by atoms with Crippen LogP contribution in [0.15, 0.2) is 0 Å². The molecule has 1 aliphatic carbocycles. The first-order chi connectivity index (χ1) is 8.11. The number of piperidine rings is 1. The second-order valence-electron chi connectivity index (χ2n) is 6.44. The minimum atomic E-state index is -0.0753. The molecular weight excluding hydrogens is 210 g/mol. The lowest BCUT2D eigenvalue weighted by molar-refractivity contribution is -0.0317. The number of aliphatic hydroxyl groups is 1. The third kappa shape index (κ3) is 3.03. The van der Waals surface area contributed by atoms with Crippen molar-refractivity contribution >= 4 is 0 Å². The Hall–Kier alpha value is -0.0800. The van der Waals surface area contributed by atoms with E-state index in [4.69, 9.17) is 0 Å². The highest BCUT2D eigenvalue weighted by atomic mass is 16.3. The van der Waals surface area contributed by atoms with Gasteiger partial charge in [0, 0.05) is 12.1 Å². The molecule has 1 saturated carbocycles. The Morgan fingerprint density at radius 2 is 1.88 bits per heavy atom. The van der Waals surface area contributed by atoms with Crippen molar-refractivity contribution < 1.29 is 5.11 Å². The van der Waals surface area contributed by atoms with Gasteiger partial charge in [-0.05, 0) is 57.4 Å². The molecule has 0 aromatic carbocycles. The van der Waals surface area contributed by atoms with Gasteiger partial charge in [0.1, 0.15) is 0 Å². The summed E-state index contributed by atoms with van der Waals surface area (Å²) in [6.07, 6.45) is 7.28. The summed E-state index contributed by atoms with van der Waals surface area (Å²) in [6, 6.07) is 1.10. The van der Waals surface area contributed by atoms with Gasteiger partial charge >= 0.3 is 0 Å². The summed E-state index contributed by atoms with van der Waals surface area (Å²) < 4.78 is 0. The second kappa shape index (κ2) is 5.71. The molecule has 1 N–H and O–H groups in total. The largest absolute Gasteiger partial charge is 0.391 e. The number of hydrogen-bond acceptors (Lipinski definition) is 2. The van der Waals surface area contributed by atoms with Crippen LogP contribution in [0.4, 0.5) is 0 Å². The van der Waals surface area contributed by atoms with Crippen LogP contribution in [0.1, 0.15) is 59.3 Å². The molecule has 2 aliphatic rings. The molecule has 2 fully saturated rings. The standard InChI is InChI=1S/C15H29NO/c1-4-13-5-6-15(17)14(10-13)16-8-7-11(2)9-12(16)3/h11-15,17H,4-10H2,1-3H3. The van der Waals surface area contributed by atoms with E-state index >= 15 is 0 Å². The Morgan fingerprint density at radius 1 is 1.12 bits per heavy atom. The van der Waals surface area contributed by atoms with Gasteiger partial charge in [-0.15, -0.1) is 0 Å². The zero-order valence-corrected chi connectivity index (χ0v) is 11.7. The maximum Gasteiger partial charge on any atom is 0.0695 e. The predicted molar refractivity (Wildman–Crippen MR) is 72.0 cm³/mol. The van der Waals surface area contributed by atoms with Crippen molar-refractivity contribution in [1.29, 1.82) is 0 Å². The molecule has 0 bridgehead atoms. The van der Waals surface area contributed by atoms with Crippen molar-refractivity contribution in [3.63, 3.8) is 0 Å². The van der Waals surface area contributed by atoms with Gasteiger partial charge in [0.05, 0.1) is 6.10 Å². The lowest BCUT2D eigenvalue weighted by atomic mass is 9.80. The highest BCUT2D eigenvalue weighted by molar-refractivity contribution is 4.91. The molecule has 0 amide bonds. The molecule has 17 heavy (non-hydrogen) atoms. The lowest BCUT2D eigenvalue weighted by Gasteiger charge is -2.46. The van der Waals surface area contributed by atoms with Crippen LogP contribution in [0.5, 0.6) is 0 Å². The normalized spacial score (nSPS) is 44.8. The molecule has 1 aliphatic heterocycles. The van der Waals surface area contributed by atoms with Gasteiger partial charge in [0.15, 0.2) is 0 Å². The fraction of sp³-hybridized carbons (Fsp3) is 1.00. The van der Waals surface area contributed by atoms with E-state index in [1.54, 1.807) is 0 Å². The summed E-state index contributed by atoms with van der Waals surface area (Å²) in [7, 11) is 0. The van der Waals surface area contributed by atoms with Gasteiger partial charge in [-0.2, -0.15) is 0 Å². The molecule has 1 saturated heterocycles. The Morgan fingerprint density at radius 3 is 2.53 bits per heavy atom. The SMILES string of the molecule is CCC1CCC(O)C(N2CCC(C)CC2C)C1. The maximum absolute atomic E-state index is 10.3. The van der Waals surface area contributed by atoms with E-state index < -0.39 is 0 Å². The van der Waals surface area contributed by atoms with E-state index in [2.05, 4.69) is 25.7 Å². The van der Waals surface area contributed by atoms with E-state index in [1.165, 1.54) is 38.6 Å². The van der Waals surface area contributed by atoms with Crippen LogP contribution in [0, 0.1) is 11.8 Å². The fourth-order valence-electron chi connectivity index (χ4n) is 3.86. The van der Waals surface area contributed by atoms with E-state index in [-0.39, 0.29) is 6.10 Å². The monoisotopic (exact) mass is 239 g/mol. The highest BCUT2D eigenvalue weighted by Gasteiger charge is 2.36. The number of aliphatic hydroxyl groups excluding tert-OH is 1. The van der Waals surface area contributed by atoms with Crippen molar-refractivity contribution in [2.24, 2.45) is 11.8 Å². The van der Waals surface area contributed by atoms with Gasteiger partial charge in [-0.25, -0.2) is 0 Å². The summed E-state index contributed by atoms with van der Waals surface area (Å²) in [5, 5.41) is 10.3. The Labute approximate surface area is 106 Å². The zero-order chi connectivity index (χ0) is 12.4. The fourth-order valence-corrected chi connectivity index (χ4v) is 3.86. The van der Waals surface area contributed by atoms with Crippen molar-refractivity contribution in [1.82, 2.24) is 4.90 Å². The zero-order valence-electron chi connectivity index (χ0n) is 11.7. The average molecular weight is 239 g/mol. The molecule has 2 heteroatoms. The molecule has 0 radical (unpaired) electrons. The van der Waals surface area contributed by atoms with Crippen LogP contribution < -0.4 is 0 Å². The minimum Gasteiger partial charge on any atom is -0.391 e. The van der Waals surface area contributed by atoms with Gasteiger partial charge < -0.3 is 5.11 Å². The van der Waals surface area contributed by atoms with Crippen LogP contribution in [0.2, 0.25) is 0 Å². The highest BCUT2D eigenvalue weighted by Crippen LogP contribution is 2.34. The average Bonchev–Trinajstić information content (AvgIpc) is 2.30. The molecule has 2 nitrogen and oxygen atoms in total.